The maximum atomic E-state index is 12.3. The summed E-state index contributed by atoms with van der Waals surface area (Å²) in [4.78, 5) is 13.7. The predicted molar refractivity (Wildman–Crippen MR) is 93.5 cm³/mol. The van der Waals surface area contributed by atoms with E-state index in [2.05, 4.69) is 10.0 Å². The SMILES string of the molecule is Cc1ccc(NS(C)(=O)=O)cc1NC(=O)N(C)[C@H]1CCS(=O)(=O)C1. The van der Waals surface area contributed by atoms with Gasteiger partial charge in [-0.05, 0) is 31.0 Å². The first-order chi connectivity index (χ1) is 11.0. The lowest BCUT2D eigenvalue weighted by Crippen LogP contribution is -2.40. The molecule has 1 aliphatic heterocycles. The highest BCUT2D eigenvalue weighted by Crippen LogP contribution is 2.23. The molecule has 0 radical (unpaired) electrons. The van der Waals surface area contributed by atoms with Gasteiger partial charge in [-0.15, -0.1) is 0 Å². The number of aryl methyl sites for hydroxylation is 1. The third kappa shape index (κ3) is 4.84. The monoisotopic (exact) mass is 375 g/mol. The molecule has 1 aromatic carbocycles. The number of carbonyl (C=O) groups excluding carboxylic acids is 1. The molecular formula is C14H21N3O5S2. The van der Waals surface area contributed by atoms with Crippen molar-refractivity contribution in [2.45, 2.75) is 19.4 Å². The quantitative estimate of drug-likeness (QED) is 0.816. The Balaban J connectivity index is 2.12. The number of urea groups is 1. The van der Waals surface area contributed by atoms with Gasteiger partial charge in [0.2, 0.25) is 10.0 Å². The highest BCUT2D eigenvalue weighted by atomic mass is 32.2. The Labute approximate surface area is 142 Å². The smallest absolute Gasteiger partial charge is 0.321 e. The minimum absolute atomic E-state index is 0.0361. The van der Waals surface area contributed by atoms with Gasteiger partial charge >= 0.3 is 6.03 Å². The van der Waals surface area contributed by atoms with E-state index in [1.165, 1.54) is 11.0 Å². The average molecular weight is 375 g/mol. The van der Waals surface area contributed by atoms with Crippen molar-refractivity contribution in [3.8, 4) is 0 Å². The first-order valence-electron chi connectivity index (χ1n) is 7.29. The minimum atomic E-state index is -3.42. The topological polar surface area (TPSA) is 113 Å². The third-order valence-electron chi connectivity index (χ3n) is 3.86. The van der Waals surface area contributed by atoms with Crippen molar-refractivity contribution in [1.29, 1.82) is 0 Å². The van der Waals surface area contributed by atoms with Crippen LogP contribution in [0.1, 0.15) is 12.0 Å². The Bertz CT molecular complexity index is 849. The number of benzene rings is 1. The molecule has 10 heteroatoms. The molecule has 1 heterocycles. The van der Waals surface area contributed by atoms with Crippen molar-refractivity contribution in [2.75, 3.05) is 34.8 Å². The second kappa shape index (κ2) is 6.60. The highest BCUT2D eigenvalue weighted by molar-refractivity contribution is 7.92. The molecule has 1 aliphatic rings. The van der Waals surface area contributed by atoms with E-state index < -0.39 is 25.9 Å². The maximum Gasteiger partial charge on any atom is 0.321 e. The molecule has 0 saturated carbocycles. The molecule has 0 aromatic heterocycles. The molecule has 8 nitrogen and oxygen atoms in total. The van der Waals surface area contributed by atoms with E-state index >= 15 is 0 Å². The van der Waals surface area contributed by atoms with Crippen molar-refractivity contribution in [1.82, 2.24) is 4.90 Å². The van der Waals surface area contributed by atoms with Crippen molar-refractivity contribution in [2.24, 2.45) is 0 Å². The molecule has 0 unspecified atom stereocenters. The summed E-state index contributed by atoms with van der Waals surface area (Å²) in [6.45, 7) is 1.78. The first kappa shape index (κ1) is 18.5. The second-order valence-corrected chi connectivity index (χ2v) is 9.98. The number of sulfone groups is 1. The van der Waals surface area contributed by atoms with Crippen LogP contribution in [-0.4, -0.2) is 58.6 Å². The molecule has 134 valence electrons. The van der Waals surface area contributed by atoms with Gasteiger partial charge in [0.15, 0.2) is 9.84 Å². The van der Waals surface area contributed by atoms with Gasteiger partial charge in [-0.2, -0.15) is 0 Å². The summed E-state index contributed by atoms with van der Waals surface area (Å²) in [5, 5.41) is 2.70. The normalized spacial score (nSPS) is 19.7. The summed E-state index contributed by atoms with van der Waals surface area (Å²) in [6, 6.07) is 4.01. The molecule has 2 rings (SSSR count). The molecule has 2 N–H and O–H groups in total. The van der Waals surface area contributed by atoms with Crippen LogP contribution in [0.25, 0.3) is 0 Å². The van der Waals surface area contributed by atoms with E-state index in [0.29, 0.717) is 17.8 Å². The summed E-state index contributed by atoms with van der Waals surface area (Å²) in [5.41, 5.74) is 1.56. The Morgan fingerprint density at radius 2 is 2.00 bits per heavy atom. The summed E-state index contributed by atoms with van der Waals surface area (Å²) in [7, 11) is -4.95. The van der Waals surface area contributed by atoms with E-state index in [1.807, 2.05) is 0 Å². The number of rotatable bonds is 4. The van der Waals surface area contributed by atoms with Gasteiger partial charge in [-0.25, -0.2) is 21.6 Å². The van der Waals surface area contributed by atoms with E-state index in [-0.39, 0.29) is 17.5 Å². The lowest BCUT2D eigenvalue weighted by molar-refractivity contribution is 0.209. The van der Waals surface area contributed by atoms with Gasteiger partial charge in [-0.3, -0.25) is 4.72 Å². The van der Waals surface area contributed by atoms with Crippen LogP contribution in [0.5, 0.6) is 0 Å². The number of carbonyl (C=O) groups is 1. The fraction of sp³-hybridized carbons (Fsp3) is 0.500. The zero-order valence-electron chi connectivity index (χ0n) is 13.7. The van der Waals surface area contributed by atoms with E-state index in [0.717, 1.165) is 11.8 Å². The van der Waals surface area contributed by atoms with E-state index in [9.17, 15) is 21.6 Å². The molecular weight excluding hydrogens is 354 g/mol. The molecule has 1 fully saturated rings. The Kier molecular flexibility index (Phi) is 5.09. The molecule has 24 heavy (non-hydrogen) atoms. The molecule has 0 spiro atoms. The summed E-state index contributed by atoms with van der Waals surface area (Å²) < 4.78 is 48.0. The number of sulfonamides is 1. The van der Waals surface area contributed by atoms with Crippen molar-refractivity contribution >= 4 is 37.3 Å². The van der Waals surface area contributed by atoms with Crippen LogP contribution in [0.4, 0.5) is 16.2 Å². The van der Waals surface area contributed by atoms with Gasteiger partial charge < -0.3 is 10.2 Å². The van der Waals surface area contributed by atoms with Gasteiger partial charge in [0.25, 0.3) is 0 Å². The van der Waals surface area contributed by atoms with Gasteiger partial charge in [0.05, 0.1) is 23.4 Å². The number of nitrogens with zero attached hydrogens (tertiary/aromatic N) is 1. The van der Waals surface area contributed by atoms with Crippen LogP contribution in [0, 0.1) is 6.92 Å². The van der Waals surface area contributed by atoms with Gasteiger partial charge in [-0.1, -0.05) is 6.07 Å². The van der Waals surface area contributed by atoms with Crippen LogP contribution < -0.4 is 10.0 Å². The van der Waals surface area contributed by atoms with E-state index in [1.54, 1.807) is 26.1 Å². The van der Waals surface area contributed by atoms with Crippen molar-refractivity contribution < 1.29 is 21.6 Å². The average Bonchev–Trinajstić information content (AvgIpc) is 2.80. The Morgan fingerprint density at radius 1 is 1.33 bits per heavy atom. The van der Waals surface area contributed by atoms with Crippen molar-refractivity contribution in [3.05, 3.63) is 23.8 Å². The minimum Gasteiger partial charge on any atom is -0.324 e. The zero-order chi connectivity index (χ0) is 18.1. The number of hydrogen-bond acceptors (Lipinski definition) is 5. The third-order valence-corrected chi connectivity index (χ3v) is 6.22. The fourth-order valence-electron chi connectivity index (χ4n) is 2.48. The first-order valence-corrected chi connectivity index (χ1v) is 11.0. The van der Waals surface area contributed by atoms with Crippen LogP contribution in [0.2, 0.25) is 0 Å². The number of amides is 2. The molecule has 0 aliphatic carbocycles. The predicted octanol–water partition coefficient (Wildman–Crippen LogP) is 1.02. The Morgan fingerprint density at radius 3 is 2.54 bits per heavy atom. The summed E-state index contributed by atoms with van der Waals surface area (Å²) >= 11 is 0. The van der Waals surface area contributed by atoms with Crippen LogP contribution >= 0.6 is 0 Å². The van der Waals surface area contributed by atoms with Crippen LogP contribution in [-0.2, 0) is 19.9 Å². The zero-order valence-corrected chi connectivity index (χ0v) is 15.4. The standard InChI is InChI=1S/C14H21N3O5S2/c1-10-4-5-11(16-23(3,19)20)8-13(10)15-14(18)17(2)12-6-7-24(21,22)9-12/h4-5,8,12,16H,6-7,9H2,1-3H3,(H,15,18)/t12-/m0/s1. The summed E-state index contributed by atoms with van der Waals surface area (Å²) in [6.07, 6.45) is 1.46. The molecule has 1 saturated heterocycles. The molecule has 2 amide bonds. The van der Waals surface area contributed by atoms with E-state index in [4.69, 9.17) is 0 Å². The molecule has 1 atom stereocenters. The lowest BCUT2D eigenvalue weighted by Gasteiger charge is -2.24. The van der Waals surface area contributed by atoms with Crippen LogP contribution in [0.15, 0.2) is 18.2 Å². The fourth-order valence-corrected chi connectivity index (χ4v) is 4.81. The van der Waals surface area contributed by atoms with Gasteiger partial charge in [0, 0.05) is 18.8 Å². The number of nitrogens with one attached hydrogen (secondary N) is 2. The second-order valence-electron chi connectivity index (χ2n) is 6.00. The summed E-state index contributed by atoms with van der Waals surface area (Å²) in [5.74, 6) is 0.0493. The van der Waals surface area contributed by atoms with Crippen molar-refractivity contribution in [3.63, 3.8) is 0 Å². The Hall–Kier alpha value is -1.81. The molecule has 1 aromatic rings. The molecule has 0 bridgehead atoms. The largest absolute Gasteiger partial charge is 0.324 e. The number of hydrogen-bond donors (Lipinski definition) is 2. The lowest BCUT2D eigenvalue weighted by atomic mass is 10.2. The van der Waals surface area contributed by atoms with Gasteiger partial charge in [0.1, 0.15) is 0 Å². The highest BCUT2D eigenvalue weighted by Gasteiger charge is 2.32. The number of anilines is 2. The maximum absolute atomic E-state index is 12.3. The van der Waals surface area contributed by atoms with Crippen LogP contribution in [0.3, 0.4) is 0 Å².